The van der Waals surface area contributed by atoms with Gasteiger partial charge in [0, 0.05) is 0 Å². The minimum atomic E-state index is 0.618. The van der Waals surface area contributed by atoms with Crippen molar-refractivity contribution >= 4 is 0 Å². The van der Waals surface area contributed by atoms with Crippen LogP contribution in [0, 0.1) is 18.8 Å². The van der Waals surface area contributed by atoms with Gasteiger partial charge >= 0.3 is 0 Å². The largest absolute Gasteiger partial charge is 0.0914 e. The lowest BCUT2D eigenvalue weighted by atomic mass is 9.99. The molecule has 65 valence electrons. The highest BCUT2D eigenvalue weighted by Crippen LogP contribution is 2.12. The van der Waals surface area contributed by atoms with E-state index in [2.05, 4.69) is 39.8 Å². The van der Waals surface area contributed by atoms with Crippen LogP contribution in [-0.4, -0.2) is 0 Å². The van der Waals surface area contributed by atoms with Crippen molar-refractivity contribution in [3.05, 3.63) is 19.1 Å². The molecule has 0 aliphatic carbocycles. The van der Waals surface area contributed by atoms with Gasteiger partial charge in [0.1, 0.15) is 0 Å². The van der Waals surface area contributed by atoms with E-state index in [1.165, 1.54) is 19.3 Å². The second-order valence-electron chi connectivity index (χ2n) is 3.54. The van der Waals surface area contributed by atoms with Gasteiger partial charge in [-0.05, 0) is 25.2 Å². The van der Waals surface area contributed by atoms with E-state index < -0.39 is 0 Å². The quantitative estimate of drug-likeness (QED) is 0.526. The molecular formula is C11H21. The van der Waals surface area contributed by atoms with Crippen LogP contribution in [-0.2, 0) is 0 Å². The molecule has 0 heteroatoms. The summed E-state index contributed by atoms with van der Waals surface area (Å²) in [6, 6.07) is 0. The maximum Gasteiger partial charge on any atom is -0.0262 e. The van der Waals surface area contributed by atoms with Gasteiger partial charge in [-0.1, -0.05) is 45.8 Å². The molecule has 0 aliphatic rings. The lowest BCUT2D eigenvalue weighted by Crippen LogP contribution is -1.92. The topological polar surface area (TPSA) is 0 Å². The fourth-order valence-corrected chi connectivity index (χ4v) is 1.21. The Balaban J connectivity index is 3.24. The minimum Gasteiger partial charge on any atom is -0.0914 e. The third-order valence-electron chi connectivity index (χ3n) is 1.88. The molecule has 0 aromatic rings. The smallest absolute Gasteiger partial charge is 0.0262 e. The van der Waals surface area contributed by atoms with Crippen LogP contribution in [0.15, 0.2) is 12.2 Å². The van der Waals surface area contributed by atoms with Crippen molar-refractivity contribution in [1.82, 2.24) is 0 Å². The first kappa shape index (κ1) is 10.7. The van der Waals surface area contributed by atoms with Crippen molar-refractivity contribution in [3.8, 4) is 0 Å². The van der Waals surface area contributed by atoms with E-state index in [9.17, 15) is 0 Å². The van der Waals surface area contributed by atoms with E-state index >= 15 is 0 Å². The normalized spacial score (nSPS) is 14.6. The molecule has 11 heavy (non-hydrogen) atoms. The average Bonchev–Trinajstić information content (AvgIpc) is 1.87. The molecule has 1 radical (unpaired) electrons. The Morgan fingerprint density at radius 2 is 1.91 bits per heavy atom. The second-order valence-corrected chi connectivity index (χ2v) is 3.54. The highest BCUT2D eigenvalue weighted by Gasteiger charge is 1.98. The molecule has 0 nitrogen and oxygen atoms in total. The van der Waals surface area contributed by atoms with Crippen LogP contribution in [0.5, 0.6) is 0 Å². The molecule has 0 aromatic heterocycles. The van der Waals surface area contributed by atoms with Gasteiger partial charge in [0.2, 0.25) is 0 Å². The van der Waals surface area contributed by atoms with Crippen molar-refractivity contribution in [2.45, 2.75) is 40.0 Å². The molecule has 2 unspecified atom stereocenters. The number of hydrogen-bond acceptors (Lipinski definition) is 0. The lowest BCUT2D eigenvalue weighted by Gasteiger charge is -2.07. The predicted octanol–water partition coefficient (Wildman–Crippen LogP) is 3.84. The summed E-state index contributed by atoms with van der Waals surface area (Å²) in [4.78, 5) is 0. The molecule has 0 aromatic carbocycles. The van der Waals surface area contributed by atoms with Crippen molar-refractivity contribution in [1.29, 1.82) is 0 Å². The molecule has 0 rings (SSSR count). The van der Waals surface area contributed by atoms with E-state index in [4.69, 9.17) is 0 Å². The van der Waals surface area contributed by atoms with Gasteiger partial charge in [-0.25, -0.2) is 0 Å². The Kier molecular flexibility index (Phi) is 6.30. The molecule has 0 N–H and O–H groups in total. The maximum absolute atomic E-state index is 3.96. The van der Waals surface area contributed by atoms with Crippen molar-refractivity contribution < 1.29 is 0 Å². The summed E-state index contributed by atoms with van der Waals surface area (Å²) in [5.74, 6) is 1.37. The second kappa shape index (κ2) is 6.45. The summed E-state index contributed by atoms with van der Waals surface area (Å²) >= 11 is 0. The first-order valence-corrected chi connectivity index (χ1v) is 4.62. The summed E-state index contributed by atoms with van der Waals surface area (Å²) < 4.78 is 0. The van der Waals surface area contributed by atoms with Gasteiger partial charge in [0.05, 0.1) is 0 Å². The van der Waals surface area contributed by atoms with Crippen LogP contribution in [0.1, 0.15) is 40.0 Å². The van der Waals surface area contributed by atoms with Gasteiger partial charge in [0.15, 0.2) is 0 Å². The summed E-state index contributed by atoms with van der Waals surface area (Å²) in [6.07, 6.45) is 8.30. The van der Waals surface area contributed by atoms with Crippen LogP contribution in [0.2, 0.25) is 0 Å². The van der Waals surface area contributed by atoms with Crippen molar-refractivity contribution in [2.24, 2.45) is 11.8 Å². The van der Waals surface area contributed by atoms with E-state index in [-0.39, 0.29) is 0 Å². The molecule has 0 spiro atoms. The molecule has 0 saturated heterocycles. The third kappa shape index (κ3) is 7.64. The van der Waals surface area contributed by atoms with Crippen molar-refractivity contribution in [3.63, 3.8) is 0 Å². The molecule has 0 saturated carbocycles. The summed E-state index contributed by atoms with van der Waals surface area (Å²) in [5.41, 5.74) is 0. The Morgan fingerprint density at radius 1 is 1.27 bits per heavy atom. The fourth-order valence-electron chi connectivity index (χ4n) is 1.21. The number of allylic oxidation sites excluding steroid dienone is 2. The fraction of sp³-hybridized carbons (Fsp3) is 0.727. The molecule has 0 heterocycles. The van der Waals surface area contributed by atoms with Gasteiger partial charge in [-0.3, -0.25) is 0 Å². The standard InChI is InChI=1S/C11H21/c1-5-7-11(4)9-6-8-10(2)3/h5,7,10-11H,2,6,8-9H2,1,3-4H3/b7-5+. The number of hydrogen-bond donors (Lipinski definition) is 0. The molecule has 0 fully saturated rings. The van der Waals surface area contributed by atoms with Gasteiger partial charge < -0.3 is 0 Å². The Bertz CT molecular complexity index is 101. The Labute approximate surface area is 71.7 Å². The van der Waals surface area contributed by atoms with E-state index in [1.807, 2.05) is 0 Å². The third-order valence-corrected chi connectivity index (χ3v) is 1.88. The van der Waals surface area contributed by atoms with E-state index in [0.717, 1.165) is 5.92 Å². The van der Waals surface area contributed by atoms with Crippen LogP contribution in [0.3, 0.4) is 0 Å². The van der Waals surface area contributed by atoms with E-state index in [1.54, 1.807) is 0 Å². The van der Waals surface area contributed by atoms with Crippen LogP contribution in [0.4, 0.5) is 0 Å². The van der Waals surface area contributed by atoms with E-state index in [0.29, 0.717) is 5.92 Å². The van der Waals surface area contributed by atoms with Crippen LogP contribution >= 0.6 is 0 Å². The zero-order chi connectivity index (χ0) is 8.69. The molecule has 0 aliphatic heterocycles. The Hall–Kier alpha value is -0.260. The zero-order valence-corrected chi connectivity index (χ0v) is 8.14. The first-order chi connectivity index (χ1) is 5.16. The summed E-state index contributed by atoms with van der Waals surface area (Å²) in [7, 11) is 0. The maximum atomic E-state index is 3.96. The number of rotatable bonds is 5. The molecule has 0 amide bonds. The van der Waals surface area contributed by atoms with Gasteiger partial charge in [-0.15, -0.1) is 0 Å². The highest BCUT2D eigenvalue weighted by molar-refractivity contribution is 4.82. The average molecular weight is 153 g/mol. The molecule has 0 bridgehead atoms. The molecular weight excluding hydrogens is 132 g/mol. The van der Waals surface area contributed by atoms with Gasteiger partial charge in [-0.2, -0.15) is 0 Å². The lowest BCUT2D eigenvalue weighted by molar-refractivity contribution is 0.528. The zero-order valence-electron chi connectivity index (χ0n) is 8.14. The van der Waals surface area contributed by atoms with Crippen LogP contribution in [0.25, 0.3) is 0 Å². The first-order valence-electron chi connectivity index (χ1n) is 4.62. The highest BCUT2D eigenvalue weighted by atomic mass is 14.0. The van der Waals surface area contributed by atoms with Gasteiger partial charge in [0.25, 0.3) is 0 Å². The Morgan fingerprint density at radius 3 is 2.36 bits per heavy atom. The monoisotopic (exact) mass is 153 g/mol. The van der Waals surface area contributed by atoms with Crippen molar-refractivity contribution in [2.75, 3.05) is 0 Å². The van der Waals surface area contributed by atoms with Crippen LogP contribution < -0.4 is 0 Å². The minimum absolute atomic E-state index is 0.618. The predicted molar refractivity (Wildman–Crippen MR) is 52.4 cm³/mol. The SMILES string of the molecule is [CH2]C(C)CCCC(C)/C=C/C. The molecule has 2 atom stereocenters. The summed E-state index contributed by atoms with van der Waals surface area (Å²) in [6.45, 7) is 10.5. The summed E-state index contributed by atoms with van der Waals surface area (Å²) in [5, 5.41) is 0.